The molecule has 0 aliphatic heterocycles. The van der Waals surface area contributed by atoms with E-state index < -0.39 is 5.97 Å². The highest BCUT2D eigenvalue weighted by Gasteiger charge is 2.23. The van der Waals surface area contributed by atoms with Crippen molar-refractivity contribution in [2.75, 3.05) is 14.2 Å². The number of carbonyl (C=O) groups excluding carboxylic acids is 1. The zero-order valence-corrected chi connectivity index (χ0v) is 10.2. The van der Waals surface area contributed by atoms with E-state index in [9.17, 15) is 4.79 Å². The summed E-state index contributed by atoms with van der Waals surface area (Å²) in [5, 5.41) is 0. The molecule has 1 aliphatic carbocycles. The van der Waals surface area contributed by atoms with Gasteiger partial charge in [-0.2, -0.15) is 0 Å². The molecule has 18 heavy (non-hydrogen) atoms. The van der Waals surface area contributed by atoms with Crippen LogP contribution in [-0.2, 0) is 4.74 Å². The van der Waals surface area contributed by atoms with E-state index in [2.05, 4.69) is 0 Å². The molecule has 1 saturated carbocycles. The van der Waals surface area contributed by atoms with Gasteiger partial charge < -0.3 is 14.2 Å². The number of hydrogen-bond donors (Lipinski definition) is 0. The van der Waals surface area contributed by atoms with Crippen molar-refractivity contribution in [3.8, 4) is 11.5 Å². The first-order chi connectivity index (χ1) is 8.74. The van der Waals surface area contributed by atoms with E-state index in [4.69, 9.17) is 14.2 Å². The van der Waals surface area contributed by atoms with Gasteiger partial charge in [-0.1, -0.05) is 0 Å². The summed E-state index contributed by atoms with van der Waals surface area (Å²) in [6, 6.07) is 4.89. The maximum absolute atomic E-state index is 11.9. The predicted octanol–water partition coefficient (Wildman–Crippen LogP) is 2.22. The summed E-state index contributed by atoms with van der Waals surface area (Å²) in [4.78, 5) is 11.9. The summed E-state index contributed by atoms with van der Waals surface area (Å²) < 4.78 is 15.4. The first-order valence-corrected chi connectivity index (χ1v) is 5.40. The molecule has 1 fully saturated rings. The normalized spacial score (nSPS) is 15.4. The fourth-order valence-electron chi connectivity index (χ4n) is 1.55. The Morgan fingerprint density at radius 1 is 1.00 bits per heavy atom. The lowest BCUT2D eigenvalue weighted by atomic mass is 10.2. The van der Waals surface area contributed by atoms with Gasteiger partial charge in [-0.3, -0.25) is 0 Å². The van der Waals surface area contributed by atoms with Crippen molar-refractivity contribution in [3.63, 3.8) is 0 Å². The minimum Gasteiger partial charge on any atom is -0.493 e. The molecule has 0 amide bonds. The highest BCUT2D eigenvalue weighted by atomic mass is 16.5. The van der Waals surface area contributed by atoms with Crippen LogP contribution in [0.4, 0.5) is 0 Å². The zero-order chi connectivity index (χ0) is 13.0. The standard InChI is InChI=1S/C14H13O4/c1-16-12-8-7-10(9-13(12)17-2)14(15)18-11-5-3-4-6-11/h3-9H,1-2H3. The van der Waals surface area contributed by atoms with Crippen LogP contribution >= 0.6 is 0 Å². The molecule has 2 rings (SSSR count). The lowest BCUT2D eigenvalue weighted by Crippen LogP contribution is -2.09. The molecule has 0 unspecified atom stereocenters. The minimum atomic E-state index is -0.429. The molecule has 5 radical (unpaired) electrons. The highest BCUT2D eigenvalue weighted by molar-refractivity contribution is 5.91. The Bertz CT molecular complexity index is 422. The Morgan fingerprint density at radius 2 is 1.67 bits per heavy atom. The summed E-state index contributed by atoms with van der Waals surface area (Å²) in [6.07, 6.45) is 7.57. The molecule has 0 aromatic heterocycles. The van der Waals surface area contributed by atoms with Gasteiger partial charge in [0.25, 0.3) is 0 Å². The highest BCUT2D eigenvalue weighted by Crippen LogP contribution is 2.29. The van der Waals surface area contributed by atoms with Crippen molar-refractivity contribution in [2.24, 2.45) is 0 Å². The average molecular weight is 245 g/mol. The van der Waals surface area contributed by atoms with Gasteiger partial charge in [-0.05, 0) is 31.0 Å². The van der Waals surface area contributed by atoms with Crippen molar-refractivity contribution < 1.29 is 19.0 Å². The Morgan fingerprint density at radius 3 is 2.28 bits per heavy atom. The summed E-state index contributed by atoms with van der Waals surface area (Å²) in [5.74, 6) is 0.638. The van der Waals surface area contributed by atoms with Crippen LogP contribution in [0.15, 0.2) is 18.2 Å². The third-order valence-electron chi connectivity index (χ3n) is 2.46. The topological polar surface area (TPSA) is 44.8 Å². The van der Waals surface area contributed by atoms with Crippen molar-refractivity contribution in [1.29, 1.82) is 0 Å². The summed E-state index contributed by atoms with van der Waals surface area (Å²) >= 11 is 0. The number of esters is 1. The fourth-order valence-corrected chi connectivity index (χ4v) is 1.55. The first-order valence-electron chi connectivity index (χ1n) is 5.40. The smallest absolute Gasteiger partial charge is 0.338 e. The van der Waals surface area contributed by atoms with Gasteiger partial charge in [0, 0.05) is 12.8 Å². The Balaban J connectivity index is 2.09. The van der Waals surface area contributed by atoms with Crippen LogP contribution in [0.1, 0.15) is 10.4 Å². The zero-order valence-electron chi connectivity index (χ0n) is 10.2. The molecule has 0 N–H and O–H groups in total. The molecule has 0 heterocycles. The van der Waals surface area contributed by atoms with Crippen LogP contribution in [0.5, 0.6) is 11.5 Å². The van der Waals surface area contributed by atoms with Gasteiger partial charge in [0.05, 0.1) is 19.8 Å². The molecule has 1 aromatic carbocycles. The lowest BCUT2D eigenvalue weighted by molar-refractivity contribution is 0.0572. The second-order valence-corrected chi connectivity index (χ2v) is 3.58. The molecule has 1 aromatic rings. The number of ether oxygens (including phenoxy) is 3. The van der Waals surface area contributed by atoms with Gasteiger partial charge in [0.1, 0.15) is 0 Å². The molecule has 1 aliphatic rings. The largest absolute Gasteiger partial charge is 0.493 e. The summed E-state index contributed by atoms with van der Waals surface area (Å²) in [5.41, 5.74) is 0.411. The number of hydrogen-bond acceptors (Lipinski definition) is 4. The molecule has 4 nitrogen and oxygen atoms in total. The van der Waals surface area contributed by atoms with Crippen molar-refractivity contribution >= 4 is 5.97 Å². The molecule has 0 saturated heterocycles. The van der Waals surface area contributed by atoms with Crippen molar-refractivity contribution in [2.45, 2.75) is 0 Å². The van der Waals surface area contributed by atoms with Crippen LogP contribution in [0.25, 0.3) is 0 Å². The summed E-state index contributed by atoms with van der Waals surface area (Å²) in [7, 11) is 3.06. The molecule has 93 valence electrons. The Labute approximate surface area is 107 Å². The van der Waals surface area contributed by atoms with E-state index >= 15 is 0 Å². The second-order valence-electron chi connectivity index (χ2n) is 3.58. The van der Waals surface area contributed by atoms with Gasteiger partial charge in [-0.15, -0.1) is 0 Å². The van der Waals surface area contributed by atoms with E-state index in [1.807, 2.05) is 0 Å². The Hall–Kier alpha value is -1.71. The monoisotopic (exact) mass is 245 g/mol. The molecule has 0 spiro atoms. The number of carbonyl (C=O) groups is 1. The third-order valence-corrected chi connectivity index (χ3v) is 2.46. The summed E-state index contributed by atoms with van der Waals surface area (Å²) in [6.45, 7) is 0. The number of rotatable bonds is 4. The third kappa shape index (κ3) is 2.75. The van der Waals surface area contributed by atoms with Crippen LogP contribution in [0.3, 0.4) is 0 Å². The minimum absolute atomic E-state index is 0.411. The number of benzene rings is 1. The molecule has 0 bridgehead atoms. The molecular formula is C14H13O4. The predicted molar refractivity (Wildman–Crippen MR) is 65.4 cm³/mol. The van der Waals surface area contributed by atoms with Gasteiger partial charge >= 0.3 is 5.97 Å². The van der Waals surface area contributed by atoms with E-state index in [1.54, 1.807) is 51.0 Å². The van der Waals surface area contributed by atoms with Crippen LogP contribution in [0, 0.1) is 31.8 Å². The van der Waals surface area contributed by atoms with Crippen LogP contribution < -0.4 is 9.47 Å². The first kappa shape index (κ1) is 12.7. The number of methoxy groups -OCH3 is 2. The molecule has 0 atom stereocenters. The average Bonchev–Trinajstić information content (AvgIpc) is 2.90. The molecular weight excluding hydrogens is 232 g/mol. The van der Waals surface area contributed by atoms with E-state index in [0.717, 1.165) is 0 Å². The van der Waals surface area contributed by atoms with Gasteiger partial charge in [0.2, 0.25) is 0 Å². The molecule has 4 heteroatoms. The lowest BCUT2D eigenvalue weighted by Gasteiger charge is -2.11. The Kier molecular flexibility index (Phi) is 4.07. The van der Waals surface area contributed by atoms with Gasteiger partial charge in [0.15, 0.2) is 17.6 Å². The van der Waals surface area contributed by atoms with Crippen LogP contribution in [-0.4, -0.2) is 20.2 Å². The van der Waals surface area contributed by atoms with Crippen LogP contribution in [0.2, 0.25) is 0 Å². The fraction of sp³-hybridized carbons (Fsp3) is 0.143. The van der Waals surface area contributed by atoms with E-state index in [-0.39, 0.29) is 0 Å². The van der Waals surface area contributed by atoms with E-state index in [0.29, 0.717) is 23.2 Å². The SMILES string of the molecule is COc1ccc(C(=O)O[C]2[CH][CH][CH][CH]2)cc1OC. The van der Waals surface area contributed by atoms with E-state index in [1.165, 1.54) is 7.11 Å². The maximum Gasteiger partial charge on any atom is 0.338 e. The maximum atomic E-state index is 11.9. The van der Waals surface area contributed by atoms with Crippen molar-refractivity contribution in [3.05, 3.63) is 55.5 Å². The quantitative estimate of drug-likeness (QED) is 0.763. The van der Waals surface area contributed by atoms with Gasteiger partial charge in [-0.25, -0.2) is 4.79 Å². The second kappa shape index (κ2) is 5.76. The van der Waals surface area contributed by atoms with Crippen molar-refractivity contribution in [1.82, 2.24) is 0 Å².